The van der Waals surface area contributed by atoms with Crippen LogP contribution in [0.3, 0.4) is 0 Å². The van der Waals surface area contributed by atoms with E-state index >= 15 is 0 Å². The van der Waals surface area contributed by atoms with Gasteiger partial charge >= 0.3 is 0 Å². The maximum atomic E-state index is 12.3. The zero-order valence-corrected chi connectivity index (χ0v) is 14.3. The topological polar surface area (TPSA) is 72.2 Å². The van der Waals surface area contributed by atoms with E-state index < -0.39 is 10.0 Å². The number of hydrogen-bond donors (Lipinski definition) is 2. The van der Waals surface area contributed by atoms with Crippen LogP contribution in [-0.2, 0) is 16.6 Å². The predicted octanol–water partition coefficient (Wildman–Crippen LogP) is 3.19. The maximum absolute atomic E-state index is 12.3. The van der Waals surface area contributed by atoms with E-state index in [1.807, 2.05) is 19.9 Å². The molecule has 0 spiro atoms. The number of aryl methyl sites for hydroxylation is 2. The minimum absolute atomic E-state index is 0.0943. The van der Waals surface area contributed by atoms with Gasteiger partial charge in [0.1, 0.15) is 4.90 Å². The Morgan fingerprint density at radius 1 is 1.30 bits per heavy atom. The Morgan fingerprint density at radius 2 is 2.00 bits per heavy atom. The lowest BCUT2D eigenvalue weighted by atomic mass is 10.3. The third-order valence-corrected chi connectivity index (χ3v) is 6.02. The molecule has 0 radical (unpaired) electrons. The van der Waals surface area contributed by atoms with Crippen molar-refractivity contribution < 1.29 is 8.42 Å². The third-order valence-electron chi connectivity index (χ3n) is 2.92. The van der Waals surface area contributed by atoms with E-state index in [-0.39, 0.29) is 17.1 Å². The quantitative estimate of drug-likeness (QED) is 0.807. The number of halogens is 1. The van der Waals surface area contributed by atoms with Gasteiger partial charge < -0.3 is 5.73 Å². The molecule has 0 aliphatic carbocycles. The van der Waals surface area contributed by atoms with Crippen LogP contribution in [0.15, 0.2) is 33.6 Å². The molecule has 4 nitrogen and oxygen atoms in total. The van der Waals surface area contributed by atoms with Crippen molar-refractivity contribution in [2.75, 3.05) is 5.73 Å². The van der Waals surface area contributed by atoms with E-state index in [4.69, 9.17) is 5.73 Å². The zero-order chi connectivity index (χ0) is 14.9. The van der Waals surface area contributed by atoms with Crippen molar-refractivity contribution in [2.45, 2.75) is 25.3 Å². The number of thiophene rings is 1. The highest BCUT2D eigenvalue weighted by Gasteiger charge is 2.18. The van der Waals surface area contributed by atoms with Gasteiger partial charge in [-0.1, -0.05) is 15.9 Å². The highest BCUT2D eigenvalue weighted by atomic mass is 79.9. The maximum Gasteiger partial charge on any atom is 0.242 e. The van der Waals surface area contributed by atoms with E-state index in [2.05, 4.69) is 20.7 Å². The van der Waals surface area contributed by atoms with Crippen LogP contribution in [0.25, 0.3) is 0 Å². The lowest BCUT2D eigenvalue weighted by Gasteiger charge is -2.08. The number of anilines is 1. The summed E-state index contributed by atoms with van der Waals surface area (Å²) >= 11 is 4.84. The van der Waals surface area contributed by atoms with Crippen molar-refractivity contribution in [3.63, 3.8) is 0 Å². The van der Waals surface area contributed by atoms with Gasteiger partial charge in [-0.25, -0.2) is 13.1 Å². The molecule has 0 amide bonds. The second-order valence-corrected chi connectivity index (χ2v) is 8.45. The molecule has 0 aliphatic rings. The molecule has 108 valence electrons. The Labute approximate surface area is 131 Å². The smallest absolute Gasteiger partial charge is 0.242 e. The molecule has 0 aliphatic heterocycles. The number of nitrogens with one attached hydrogen (secondary N) is 1. The van der Waals surface area contributed by atoms with Gasteiger partial charge in [-0.15, -0.1) is 11.3 Å². The molecular formula is C13H15BrN2O2S2. The molecule has 3 N–H and O–H groups in total. The Morgan fingerprint density at radius 3 is 2.60 bits per heavy atom. The largest absolute Gasteiger partial charge is 0.398 e. The number of rotatable bonds is 4. The predicted molar refractivity (Wildman–Crippen MR) is 86.4 cm³/mol. The zero-order valence-electron chi connectivity index (χ0n) is 11.1. The monoisotopic (exact) mass is 374 g/mol. The highest BCUT2D eigenvalue weighted by molar-refractivity contribution is 9.10. The fraction of sp³-hybridized carbons (Fsp3) is 0.231. The number of sulfonamides is 1. The molecule has 2 aromatic rings. The van der Waals surface area contributed by atoms with Crippen LogP contribution in [0.5, 0.6) is 0 Å². The number of hydrogen-bond acceptors (Lipinski definition) is 4. The Balaban J connectivity index is 2.21. The Kier molecular flexibility index (Phi) is 4.53. The van der Waals surface area contributed by atoms with Gasteiger partial charge in [-0.2, -0.15) is 0 Å². The van der Waals surface area contributed by atoms with Gasteiger partial charge in [-0.05, 0) is 43.7 Å². The Bertz CT molecular complexity index is 719. The second kappa shape index (κ2) is 5.85. The summed E-state index contributed by atoms with van der Waals surface area (Å²) in [6.07, 6.45) is 0. The molecule has 0 saturated carbocycles. The normalized spacial score (nSPS) is 11.8. The molecule has 1 aromatic heterocycles. The summed E-state index contributed by atoms with van der Waals surface area (Å²) in [6, 6.07) is 6.77. The van der Waals surface area contributed by atoms with Crippen molar-refractivity contribution in [3.05, 3.63) is 44.1 Å². The van der Waals surface area contributed by atoms with Gasteiger partial charge in [0, 0.05) is 20.8 Å². The average molecular weight is 375 g/mol. The first-order chi connectivity index (χ1) is 9.29. The van der Waals surface area contributed by atoms with Crippen molar-refractivity contribution >= 4 is 43.0 Å². The van der Waals surface area contributed by atoms with Crippen molar-refractivity contribution in [1.82, 2.24) is 4.72 Å². The molecule has 1 aromatic carbocycles. The number of nitrogen functional groups attached to an aromatic ring is 1. The summed E-state index contributed by atoms with van der Waals surface area (Å²) in [7, 11) is -3.61. The van der Waals surface area contributed by atoms with Crippen molar-refractivity contribution in [2.24, 2.45) is 0 Å². The molecule has 0 bridgehead atoms. The summed E-state index contributed by atoms with van der Waals surface area (Å²) in [6.45, 7) is 4.30. The summed E-state index contributed by atoms with van der Waals surface area (Å²) in [4.78, 5) is 2.27. The molecule has 0 atom stereocenters. The van der Waals surface area contributed by atoms with Crippen LogP contribution in [0.1, 0.15) is 15.3 Å². The van der Waals surface area contributed by atoms with Gasteiger partial charge in [0.2, 0.25) is 10.0 Å². The lowest BCUT2D eigenvalue weighted by molar-refractivity contribution is 0.582. The van der Waals surface area contributed by atoms with Gasteiger partial charge in [0.25, 0.3) is 0 Å². The molecule has 2 rings (SSSR count). The molecule has 1 heterocycles. The van der Waals surface area contributed by atoms with Crippen molar-refractivity contribution in [3.8, 4) is 0 Å². The summed E-state index contributed by atoms with van der Waals surface area (Å²) in [5.41, 5.74) is 7.14. The first kappa shape index (κ1) is 15.5. The molecule has 7 heteroatoms. The van der Waals surface area contributed by atoms with Crippen LogP contribution < -0.4 is 10.5 Å². The van der Waals surface area contributed by atoms with E-state index in [0.29, 0.717) is 4.47 Å². The summed E-state index contributed by atoms with van der Waals surface area (Å²) < 4.78 is 27.8. The third kappa shape index (κ3) is 3.41. The average Bonchev–Trinajstić information content (AvgIpc) is 2.69. The van der Waals surface area contributed by atoms with Crippen LogP contribution >= 0.6 is 27.3 Å². The van der Waals surface area contributed by atoms with Crippen LogP contribution in [0.2, 0.25) is 0 Å². The summed E-state index contributed by atoms with van der Waals surface area (Å²) in [5.74, 6) is 0. The number of benzene rings is 1. The van der Waals surface area contributed by atoms with Crippen LogP contribution in [-0.4, -0.2) is 8.42 Å². The van der Waals surface area contributed by atoms with Crippen LogP contribution in [0.4, 0.5) is 5.69 Å². The molecule has 20 heavy (non-hydrogen) atoms. The van der Waals surface area contributed by atoms with Crippen molar-refractivity contribution in [1.29, 1.82) is 0 Å². The van der Waals surface area contributed by atoms with E-state index in [0.717, 1.165) is 4.88 Å². The first-order valence-electron chi connectivity index (χ1n) is 5.90. The SMILES string of the molecule is Cc1cc(CNS(=O)(=O)c2cc(Br)ccc2N)sc1C. The summed E-state index contributed by atoms with van der Waals surface area (Å²) in [5, 5.41) is 0. The highest BCUT2D eigenvalue weighted by Crippen LogP contribution is 2.24. The molecule has 0 saturated heterocycles. The Hall–Kier alpha value is -0.890. The van der Waals surface area contributed by atoms with Crippen LogP contribution in [0, 0.1) is 13.8 Å². The van der Waals surface area contributed by atoms with E-state index in [9.17, 15) is 8.42 Å². The minimum Gasteiger partial charge on any atom is -0.398 e. The van der Waals surface area contributed by atoms with E-state index in [1.165, 1.54) is 16.5 Å². The van der Waals surface area contributed by atoms with Gasteiger partial charge in [-0.3, -0.25) is 0 Å². The van der Waals surface area contributed by atoms with Gasteiger partial charge in [0.05, 0.1) is 5.69 Å². The second-order valence-electron chi connectivity index (χ2n) is 4.46. The lowest BCUT2D eigenvalue weighted by Crippen LogP contribution is -2.23. The minimum atomic E-state index is -3.61. The standard InChI is InChI=1S/C13H15BrN2O2S2/c1-8-5-11(19-9(8)2)7-16-20(17,18)13-6-10(14)3-4-12(13)15/h3-6,16H,7,15H2,1-2H3. The van der Waals surface area contributed by atoms with Gasteiger partial charge in [0.15, 0.2) is 0 Å². The number of nitrogens with two attached hydrogens (primary N) is 1. The fourth-order valence-electron chi connectivity index (χ4n) is 1.72. The fourth-order valence-corrected chi connectivity index (χ4v) is 4.48. The van der Waals surface area contributed by atoms with E-state index in [1.54, 1.807) is 23.5 Å². The molecular weight excluding hydrogens is 360 g/mol. The first-order valence-corrected chi connectivity index (χ1v) is 8.99. The molecule has 0 unspecified atom stereocenters. The molecule has 0 fully saturated rings.